The first kappa shape index (κ1) is 12.9. The molecule has 1 fully saturated rings. The Balaban J connectivity index is 2.08. The van der Waals surface area contributed by atoms with E-state index < -0.39 is 0 Å². The van der Waals surface area contributed by atoms with Gasteiger partial charge in [0.15, 0.2) is 0 Å². The van der Waals surface area contributed by atoms with E-state index in [4.69, 9.17) is 11.6 Å². The molecule has 1 aliphatic heterocycles. The minimum Gasteiger partial charge on any atom is -0.392 e. The maximum absolute atomic E-state index is 9.77. The van der Waals surface area contributed by atoms with Crippen molar-refractivity contribution in [1.29, 1.82) is 0 Å². The number of hydrogen-bond donors (Lipinski definition) is 1. The number of benzene rings is 1. The second-order valence-corrected chi connectivity index (χ2v) is 5.95. The van der Waals surface area contributed by atoms with Gasteiger partial charge < -0.3 is 5.11 Å². The van der Waals surface area contributed by atoms with Crippen molar-refractivity contribution < 1.29 is 5.11 Å². The summed E-state index contributed by atoms with van der Waals surface area (Å²) in [6.45, 7) is 6.13. The van der Waals surface area contributed by atoms with E-state index in [9.17, 15) is 5.11 Å². The van der Waals surface area contributed by atoms with Crippen LogP contribution >= 0.6 is 11.6 Å². The summed E-state index contributed by atoms with van der Waals surface area (Å²) in [6.07, 6.45) is 1.77. The summed E-state index contributed by atoms with van der Waals surface area (Å²) in [4.78, 5) is 2.35. The number of hydrogen-bond acceptors (Lipinski definition) is 2. The van der Waals surface area contributed by atoms with E-state index in [1.165, 1.54) is 5.56 Å². The molecule has 2 nitrogen and oxygen atoms in total. The highest BCUT2D eigenvalue weighted by Gasteiger charge is 2.33. The lowest BCUT2D eigenvalue weighted by Gasteiger charge is -2.44. The molecule has 1 heterocycles. The second-order valence-electron chi connectivity index (χ2n) is 5.51. The van der Waals surface area contributed by atoms with Crippen molar-refractivity contribution >= 4 is 11.6 Å². The third-order valence-electron chi connectivity index (χ3n) is 3.66. The van der Waals surface area contributed by atoms with Crippen LogP contribution in [-0.2, 0) is 6.54 Å². The van der Waals surface area contributed by atoms with E-state index >= 15 is 0 Å². The Morgan fingerprint density at radius 2 is 2.00 bits per heavy atom. The van der Waals surface area contributed by atoms with Gasteiger partial charge in [-0.3, -0.25) is 4.90 Å². The molecule has 0 saturated carbocycles. The molecule has 0 bridgehead atoms. The molecule has 1 saturated heterocycles. The van der Waals surface area contributed by atoms with Crippen LogP contribution in [-0.4, -0.2) is 28.2 Å². The number of aliphatic hydroxyl groups is 1. The Morgan fingerprint density at radius 3 is 2.65 bits per heavy atom. The maximum Gasteiger partial charge on any atom is 0.0668 e. The van der Waals surface area contributed by atoms with Crippen molar-refractivity contribution in [3.05, 3.63) is 34.9 Å². The van der Waals surface area contributed by atoms with Crippen LogP contribution in [0.2, 0.25) is 5.02 Å². The number of nitrogens with zero attached hydrogens (tertiary/aromatic N) is 1. The Morgan fingerprint density at radius 1 is 1.35 bits per heavy atom. The molecule has 1 atom stereocenters. The van der Waals surface area contributed by atoms with E-state index in [2.05, 4.69) is 30.9 Å². The van der Waals surface area contributed by atoms with Crippen molar-refractivity contribution in [3.63, 3.8) is 0 Å². The molecule has 3 heteroatoms. The summed E-state index contributed by atoms with van der Waals surface area (Å²) in [5.74, 6) is 0. The van der Waals surface area contributed by atoms with Gasteiger partial charge in [0.05, 0.1) is 6.10 Å². The van der Waals surface area contributed by atoms with Gasteiger partial charge in [0.2, 0.25) is 0 Å². The average Bonchev–Trinajstić information content (AvgIpc) is 2.27. The molecule has 0 aliphatic carbocycles. The Kier molecular flexibility index (Phi) is 3.76. The van der Waals surface area contributed by atoms with Crippen LogP contribution in [0.4, 0.5) is 0 Å². The van der Waals surface area contributed by atoms with E-state index in [1.54, 1.807) is 0 Å². The first-order chi connectivity index (χ1) is 7.97. The number of halogens is 1. The Labute approximate surface area is 108 Å². The molecule has 2 rings (SSSR count). The number of piperidine rings is 1. The third-order valence-corrected chi connectivity index (χ3v) is 3.92. The fourth-order valence-corrected chi connectivity index (χ4v) is 2.49. The number of aliphatic hydroxyl groups excluding tert-OH is 1. The van der Waals surface area contributed by atoms with Crippen molar-refractivity contribution in [2.75, 3.05) is 6.54 Å². The molecular weight excluding hydrogens is 234 g/mol. The van der Waals surface area contributed by atoms with E-state index in [1.807, 2.05) is 12.1 Å². The second kappa shape index (κ2) is 4.97. The quantitative estimate of drug-likeness (QED) is 0.876. The SMILES string of the molecule is CC1(C)CCC(O)CN1Cc1ccc(Cl)cc1. The van der Waals surface area contributed by atoms with Crippen LogP contribution in [0.5, 0.6) is 0 Å². The topological polar surface area (TPSA) is 23.5 Å². The van der Waals surface area contributed by atoms with Crippen LogP contribution in [0.1, 0.15) is 32.3 Å². The van der Waals surface area contributed by atoms with Gasteiger partial charge in [0.1, 0.15) is 0 Å². The minimum atomic E-state index is -0.185. The highest BCUT2D eigenvalue weighted by Crippen LogP contribution is 2.29. The standard InChI is InChI=1S/C14H20ClNO/c1-14(2)8-7-13(17)10-16(14)9-11-3-5-12(15)6-4-11/h3-6,13,17H,7-10H2,1-2H3. The normalized spacial score (nSPS) is 24.8. The minimum absolute atomic E-state index is 0.166. The smallest absolute Gasteiger partial charge is 0.0668 e. The zero-order valence-corrected chi connectivity index (χ0v) is 11.2. The van der Waals surface area contributed by atoms with E-state index in [0.29, 0.717) is 0 Å². The molecule has 17 heavy (non-hydrogen) atoms. The highest BCUT2D eigenvalue weighted by atomic mass is 35.5. The lowest BCUT2D eigenvalue weighted by Crippen LogP contribution is -2.51. The van der Waals surface area contributed by atoms with Gasteiger partial charge in [0, 0.05) is 23.7 Å². The molecule has 1 aromatic rings. The summed E-state index contributed by atoms with van der Waals surface area (Å²) >= 11 is 5.88. The monoisotopic (exact) mass is 253 g/mol. The van der Waals surface area contributed by atoms with Crippen LogP contribution in [0.25, 0.3) is 0 Å². The third kappa shape index (κ3) is 3.21. The molecular formula is C14H20ClNO. The zero-order valence-electron chi connectivity index (χ0n) is 10.5. The molecule has 0 spiro atoms. The molecule has 1 aliphatic rings. The lowest BCUT2D eigenvalue weighted by atomic mass is 9.88. The Bertz CT molecular complexity index is 374. The van der Waals surface area contributed by atoms with Gasteiger partial charge in [-0.15, -0.1) is 0 Å². The van der Waals surface area contributed by atoms with E-state index in [0.717, 1.165) is 31.0 Å². The van der Waals surface area contributed by atoms with Gasteiger partial charge >= 0.3 is 0 Å². The van der Waals surface area contributed by atoms with Gasteiger partial charge in [-0.2, -0.15) is 0 Å². The van der Waals surface area contributed by atoms with Gasteiger partial charge in [-0.05, 0) is 44.4 Å². The van der Waals surface area contributed by atoms with Crippen molar-refractivity contribution in [3.8, 4) is 0 Å². The predicted octanol–water partition coefficient (Wildman–Crippen LogP) is 3.08. The highest BCUT2D eigenvalue weighted by molar-refractivity contribution is 6.30. The van der Waals surface area contributed by atoms with Crippen molar-refractivity contribution in [2.24, 2.45) is 0 Å². The summed E-state index contributed by atoms with van der Waals surface area (Å²) in [5, 5.41) is 10.5. The molecule has 0 aromatic heterocycles. The first-order valence-electron chi connectivity index (χ1n) is 6.15. The fraction of sp³-hybridized carbons (Fsp3) is 0.571. The van der Waals surface area contributed by atoms with Gasteiger partial charge in [-0.1, -0.05) is 23.7 Å². The number of rotatable bonds is 2. The van der Waals surface area contributed by atoms with Crippen molar-refractivity contribution in [1.82, 2.24) is 4.90 Å². The maximum atomic E-state index is 9.77. The molecule has 1 unspecified atom stereocenters. The van der Waals surface area contributed by atoms with Gasteiger partial charge in [-0.25, -0.2) is 0 Å². The molecule has 0 amide bonds. The fourth-order valence-electron chi connectivity index (χ4n) is 2.36. The first-order valence-corrected chi connectivity index (χ1v) is 6.53. The van der Waals surface area contributed by atoms with Crippen LogP contribution in [0.15, 0.2) is 24.3 Å². The van der Waals surface area contributed by atoms with Crippen LogP contribution < -0.4 is 0 Å². The van der Waals surface area contributed by atoms with Crippen LogP contribution in [0.3, 0.4) is 0 Å². The molecule has 94 valence electrons. The average molecular weight is 254 g/mol. The number of β-amino-alcohol motifs (C(OH)–C–C–N with tert-alkyl or cyclic N) is 1. The Hall–Kier alpha value is -0.570. The van der Waals surface area contributed by atoms with E-state index in [-0.39, 0.29) is 11.6 Å². The van der Waals surface area contributed by atoms with Crippen molar-refractivity contribution in [2.45, 2.75) is 44.9 Å². The largest absolute Gasteiger partial charge is 0.392 e. The summed E-state index contributed by atoms with van der Waals surface area (Å²) in [6, 6.07) is 7.95. The van der Waals surface area contributed by atoms with Crippen LogP contribution in [0, 0.1) is 0 Å². The molecule has 1 aromatic carbocycles. The molecule has 1 N–H and O–H groups in total. The predicted molar refractivity (Wildman–Crippen MR) is 71.2 cm³/mol. The summed E-state index contributed by atoms with van der Waals surface area (Å²) < 4.78 is 0. The zero-order chi connectivity index (χ0) is 12.5. The molecule has 0 radical (unpaired) electrons. The summed E-state index contributed by atoms with van der Waals surface area (Å²) in [7, 11) is 0. The lowest BCUT2D eigenvalue weighted by molar-refractivity contribution is -0.00959. The summed E-state index contributed by atoms with van der Waals surface area (Å²) in [5.41, 5.74) is 1.41. The number of likely N-dealkylation sites (tertiary alicyclic amines) is 1. The van der Waals surface area contributed by atoms with Gasteiger partial charge in [0.25, 0.3) is 0 Å².